The van der Waals surface area contributed by atoms with Gasteiger partial charge in [-0.3, -0.25) is 9.97 Å². The molecule has 0 aromatic carbocycles. The van der Waals surface area contributed by atoms with Gasteiger partial charge in [0.25, 0.3) is 0 Å². The fraction of sp³-hybridized carbons (Fsp3) is 0.758. The molecule has 2 aromatic rings. The number of hydrogen-bond acceptors (Lipinski definition) is 4. The highest BCUT2D eigenvalue weighted by Crippen LogP contribution is 2.56. The molecule has 4 atom stereocenters. The molecule has 2 aromatic heterocycles. The summed E-state index contributed by atoms with van der Waals surface area (Å²) >= 11 is 0. The van der Waals surface area contributed by atoms with Gasteiger partial charge in [0.15, 0.2) is 0 Å². The second-order valence-corrected chi connectivity index (χ2v) is 15.2. The molecule has 0 amide bonds. The first kappa shape index (κ1) is 28.2. The fourth-order valence-electron chi connectivity index (χ4n) is 8.59. The summed E-state index contributed by atoms with van der Waals surface area (Å²) in [6.45, 7) is 26.6. The molecule has 0 aliphatic heterocycles. The van der Waals surface area contributed by atoms with Gasteiger partial charge in [0.05, 0.1) is 23.3 Å². The zero-order valence-corrected chi connectivity index (χ0v) is 25.6. The molecule has 2 heterocycles. The Morgan fingerprint density at radius 3 is 2.19 bits per heavy atom. The number of hydrogen-bond donors (Lipinski definition) is 0. The third-order valence-electron chi connectivity index (χ3n) is 10.2. The maximum atomic E-state index is 4.97. The lowest BCUT2D eigenvalue weighted by Gasteiger charge is -2.53. The molecule has 0 fully saturated rings. The zero-order chi connectivity index (χ0) is 27.4. The number of aromatic nitrogens is 4. The molecule has 0 bridgehead atoms. The Bertz CT molecular complexity index is 1100. The van der Waals surface area contributed by atoms with E-state index in [1.807, 2.05) is 12.4 Å². The van der Waals surface area contributed by atoms with Crippen molar-refractivity contribution in [3.63, 3.8) is 0 Å². The van der Waals surface area contributed by atoms with E-state index in [1.54, 1.807) is 0 Å². The first-order valence-electron chi connectivity index (χ1n) is 14.8. The molecular weight excluding hydrogens is 452 g/mol. The second kappa shape index (κ2) is 9.72. The summed E-state index contributed by atoms with van der Waals surface area (Å²) in [6.07, 6.45) is 12.5. The zero-order valence-electron chi connectivity index (χ0n) is 25.6. The first-order valence-corrected chi connectivity index (χ1v) is 14.8. The molecule has 0 saturated heterocycles. The minimum Gasteiger partial charge on any atom is -0.258 e. The highest BCUT2D eigenvalue weighted by Gasteiger charge is 2.52. The largest absolute Gasteiger partial charge is 0.258 e. The molecule has 0 spiro atoms. The van der Waals surface area contributed by atoms with Gasteiger partial charge < -0.3 is 0 Å². The van der Waals surface area contributed by atoms with Crippen LogP contribution in [0.5, 0.6) is 0 Å². The molecule has 4 unspecified atom stereocenters. The lowest BCUT2D eigenvalue weighted by Crippen LogP contribution is -2.50. The van der Waals surface area contributed by atoms with Gasteiger partial charge in [0.1, 0.15) is 0 Å². The van der Waals surface area contributed by atoms with E-state index in [4.69, 9.17) is 20.2 Å². The van der Waals surface area contributed by atoms with E-state index < -0.39 is 0 Å². The van der Waals surface area contributed by atoms with Crippen LogP contribution in [-0.4, -0.2) is 20.2 Å². The van der Waals surface area contributed by atoms with Gasteiger partial charge in [-0.25, -0.2) is 0 Å². The first-order chi connectivity index (χ1) is 17.1. The van der Waals surface area contributed by atoms with Gasteiger partial charge in [-0.1, -0.05) is 76.2 Å². The summed E-state index contributed by atoms with van der Waals surface area (Å²) in [5.41, 5.74) is 7.15. The lowest BCUT2D eigenvalue weighted by atomic mass is 9.51. The Morgan fingerprint density at radius 2 is 1.59 bits per heavy atom. The molecule has 0 radical (unpaired) electrons. The minimum atomic E-state index is 0.0214. The van der Waals surface area contributed by atoms with Crippen molar-refractivity contribution in [3.05, 3.63) is 46.8 Å². The van der Waals surface area contributed by atoms with E-state index in [1.165, 1.54) is 41.1 Å². The summed E-state index contributed by atoms with van der Waals surface area (Å²) in [7, 11) is 0. The van der Waals surface area contributed by atoms with Crippen molar-refractivity contribution >= 4 is 0 Å². The van der Waals surface area contributed by atoms with Gasteiger partial charge in [-0.05, 0) is 83.7 Å². The van der Waals surface area contributed by atoms with Crippen LogP contribution in [0.25, 0.3) is 0 Å². The lowest BCUT2D eigenvalue weighted by molar-refractivity contribution is 0.0551. The van der Waals surface area contributed by atoms with Crippen LogP contribution < -0.4 is 0 Å². The molecule has 204 valence electrons. The molecular formula is C33H52N4. The van der Waals surface area contributed by atoms with Crippen molar-refractivity contribution in [2.45, 2.75) is 126 Å². The van der Waals surface area contributed by atoms with Gasteiger partial charge in [0.2, 0.25) is 0 Å². The van der Waals surface area contributed by atoms with Crippen LogP contribution in [0.4, 0.5) is 0 Å². The Balaban J connectivity index is 1.81. The highest BCUT2D eigenvalue weighted by molar-refractivity contribution is 5.39. The average molecular weight is 505 g/mol. The van der Waals surface area contributed by atoms with Crippen LogP contribution in [0, 0.1) is 34.0 Å². The number of rotatable bonds is 5. The van der Waals surface area contributed by atoms with Crippen molar-refractivity contribution in [1.82, 2.24) is 20.2 Å². The summed E-state index contributed by atoms with van der Waals surface area (Å²) < 4.78 is 0. The predicted molar refractivity (Wildman–Crippen MR) is 154 cm³/mol. The number of fused-ring (bicyclic) bond motifs is 2. The molecule has 37 heavy (non-hydrogen) atoms. The second-order valence-electron chi connectivity index (χ2n) is 15.2. The van der Waals surface area contributed by atoms with Crippen molar-refractivity contribution in [2.75, 3.05) is 0 Å². The molecule has 4 nitrogen and oxygen atoms in total. The maximum absolute atomic E-state index is 4.97. The summed E-state index contributed by atoms with van der Waals surface area (Å²) in [5.74, 6) is 2.04. The fourth-order valence-corrected chi connectivity index (χ4v) is 8.59. The number of aryl methyl sites for hydroxylation is 1. The Kier molecular flexibility index (Phi) is 7.40. The average Bonchev–Trinajstić information content (AvgIpc) is 2.81. The van der Waals surface area contributed by atoms with E-state index in [0.29, 0.717) is 23.7 Å². The van der Waals surface area contributed by atoms with E-state index in [9.17, 15) is 0 Å². The predicted octanol–water partition coefficient (Wildman–Crippen LogP) is 8.14. The minimum absolute atomic E-state index is 0.0214. The number of nitrogens with zero attached hydrogens (tertiary/aromatic N) is 4. The van der Waals surface area contributed by atoms with Crippen LogP contribution in [0.2, 0.25) is 0 Å². The Morgan fingerprint density at radius 1 is 0.919 bits per heavy atom. The van der Waals surface area contributed by atoms with Gasteiger partial charge >= 0.3 is 0 Å². The normalized spacial score (nSPS) is 26.6. The topological polar surface area (TPSA) is 51.6 Å². The summed E-state index contributed by atoms with van der Waals surface area (Å²) in [6, 6.07) is 0. The van der Waals surface area contributed by atoms with Crippen molar-refractivity contribution in [1.29, 1.82) is 0 Å². The van der Waals surface area contributed by atoms with Crippen LogP contribution >= 0.6 is 0 Å². The Hall–Kier alpha value is -1.84. The van der Waals surface area contributed by atoms with Gasteiger partial charge in [-0.2, -0.15) is 10.2 Å². The van der Waals surface area contributed by atoms with E-state index in [2.05, 4.69) is 82.4 Å². The van der Waals surface area contributed by atoms with E-state index in [0.717, 1.165) is 25.7 Å². The van der Waals surface area contributed by atoms with E-state index >= 15 is 0 Å². The SMILES string of the molecule is CCC1(C(C)C)c2nncc(CC(C)(C)C3c4nccnc4CCC3C(C)(C)C)c2CCC1C(C)(C)C. The van der Waals surface area contributed by atoms with Crippen LogP contribution in [0.3, 0.4) is 0 Å². The maximum Gasteiger partial charge on any atom is 0.0732 e. The molecule has 2 aliphatic rings. The smallest absolute Gasteiger partial charge is 0.0732 e. The van der Waals surface area contributed by atoms with Crippen molar-refractivity contribution in [3.8, 4) is 0 Å². The molecule has 4 rings (SSSR count). The molecule has 4 heteroatoms. The van der Waals surface area contributed by atoms with E-state index in [-0.39, 0.29) is 21.7 Å². The highest BCUT2D eigenvalue weighted by atomic mass is 15.1. The summed E-state index contributed by atoms with van der Waals surface area (Å²) in [4.78, 5) is 9.74. The summed E-state index contributed by atoms with van der Waals surface area (Å²) in [5, 5.41) is 9.65. The molecule has 0 N–H and O–H groups in total. The van der Waals surface area contributed by atoms with Crippen LogP contribution in [0.1, 0.15) is 130 Å². The van der Waals surface area contributed by atoms with Gasteiger partial charge in [-0.15, -0.1) is 0 Å². The van der Waals surface area contributed by atoms with Crippen molar-refractivity contribution < 1.29 is 0 Å². The third kappa shape index (κ3) is 4.87. The molecule has 0 saturated carbocycles. The van der Waals surface area contributed by atoms with Gasteiger partial charge in [0, 0.05) is 23.7 Å². The molecule has 2 aliphatic carbocycles. The van der Waals surface area contributed by atoms with Crippen LogP contribution in [0.15, 0.2) is 18.6 Å². The van der Waals surface area contributed by atoms with Crippen LogP contribution in [-0.2, 0) is 24.7 Å². The van der Waals surface area contributed by atoms with Crippen molar-refractivity contribution in [2.24, 2.45) is 34.0 Å². The standard InChI is InChI=1S/C33H52N4/c1-12-33(21(2)3)26(31(7,8)9)16-13-23-22(20-36-37-29(23)33)19-32(10,11)27-24(30(4,5)6)14-15-25-28(27)35-18-17-34-25/h17-18,20-21,24,26-27H,12-16,19H2,1-11H3. The third-order valence-corrected chi connectivity index (χ3v) is 10.2. The monoisotopic (exact) mass is 504 g/mol. The Labute approximate surface area is 226 Å². The quantitative estimate of drug-likeness (QED) is 0.412.